The number of aromatic nitrogens is 1. The van der Waals surface area contributed by atoms with Crippen LogP contribution in [0.4, 0.5) is 18.9 Å². The van der Waals surface area contributed by atoms with Gasteiger partial charge >= 0.3 is 6.18 Å². The van der Waals surface area contributed by atoms with E-state index in [1.54, 1.807) is 0 Å². The second-order valence-corrected chi connectivity index (χ2v) is 11.4. The molecule has 0 aliphatic rings. The van der Waals surface area contributed by atoms with E-state index in [1.807, 2.05) is 0 Å². The Morgan fingerprint density at radius 1 is 1.14 bits per heavy atom. The number of nitrogens with zero attached hydrogens (tertiary/aromatic N) is 1. The molecule has 0 amide bonds. The topological polar surface area (TPSA) is 57.4 Å². The first kappa shape index (κ1) is 18.8. The highest BCUT2D eigenvalue weighted by atomic mass is 28.4. The van der Waals surface area contributed by atoms with Crippen LogP contribution in [0.15, 0.2) is 12.1 Å². The van der Waals surface area contributed by atoms with Gasteiger partial charge in [-0.1, -0.05) is 20.8 Å². The lowest BCUT2D eigenvalue weighted by Gasteiger charge is -2.36. The van der Waals surface area contributed by atoms with Gasteiger partial charge in [0.25, 0.3) is 0 Å². The lowest BCUT2D eigenvalue weighted by atomic mass is 10.2. The molecule has 2 N–H and O–H groups in total. The number of alkyl halides is 3. The third-order valence-corrected chi connectivity index (χ3v) is 8.26. The zero-order chi connectivity index (χ0) is 17.2. The van der Waals surface area contributed by atoms with Crippen molar-refractivity contribution in [3.8, 4) is 5.88 Å². The van der Waals surface area contributed by atoms with Gasteiger partial charge in [-0.25, -0.2) is 4.98 Å². The molecule has 22 heavy (non-hydrogen) atoms. The summed E-state index contributed by atoms with van der Waals surface area (Å²) in [5, 5.41) is 0.0614. The van der Waals surface area contributed by atoms with E-state index in [-0.39, 0.29) is 23.2 Å². The summed E-state index contributed by atoms with van der Waals surface area (Å²) in [6.07, 6.45) is -4.55. The van der Waals surface area contributed by atoms with Crippen LogP contribution in [0.3, 0.4) is 0 Å². The van der Waals surface area contributed by atoms with Crippen molar-refractivity contribution in [1.29, 1.82) is 0 Å². The maximum atomic E-state index is 12.6. The highest BCUT2D eigenvalue weighted by Gasteiger charge is 2.37. The quantitative estimate of drug-likeness (QED) is 0.650. The SMILES string of the molecule is CC(C)(C)[Si](C)(C)OCCOc1cc(N)cc(C(F)(F)F)n1. The van der Waals surface area contributed by atoms with Gasteiger partial charge in [0.05, 0.1) is 6.61 Å². The number of halogens is 3. The fourth-order valence-corrected chi connectivity index (χ4v) is 2.43. The van der Waals surface area contributed by atoms with Crippen LogP contribution in [-0.2, 0) is 10.6 Å². The minimum absolute atomic E-state index is 0.0392. The lowest BCUT2D eigenvalue weighted by molar-refractivity contribution is -0.141. The Morgan fingerprint density at radius 2 is 1.73 bits per heavy atom. The molecule has 0 aliphatic heterocycles. The number of nitrogen functional groups attached to an aromatic ring is 1. The minimum Gasteiger partial charge on any atom is -0.475 e. The largest absolute Gasteiger partial charge is 0.475 e. The van der Waals surface area contributed by atoms with E-state index < -0.39 is 20.2 Å². The van der Waals surface area contributed by atoms with Gasteiger partial charge in [0, 0.05) is 11.8 Å². The van der Waals surface area contributed by atoms with Crippen LogP contribution in [0.5, 0.6) is 5.88 Å². The fourth-order valence-electron chi connectivity index (χ4n) is 1.40. The Hall–Kier alpha value is -1.28. The molecule has 0 spiro atoms. The standard InChI is InChI=1S/C14H23F3N2O2Si/c1-13(2,3)22(4,5)21-7-6-20-12-9-10(18)8-11(19-12)14(15,16)17/h8-9H,6-7H2,1-5H3,(H2,18,19). The van der Waals surface area contributed by atoms with E-state index in [0.29, 0.717) is 6.61 Å². The lowest BCUT2D eigenvalue weighted by Crippen LogP contribution is -2.41. The van der Waals surface area contributed by atoms with E-state index in [4.69, 9.17) is 14.9 Å². The van der Waals surface area contributed by atoms with Gasteiger partial charge in [0.1, 0.15) is 6.61 Å². The summed E-state index contributed by atoms with van der Waals surface area (Å²) in [5.41, 5.74) is 4.34. The van der Waals surface area contributed by atoms with Crippen molar-refractivity contribution in [1.82, 2.24) is 4.98 Å². The predicted octanol–water partition coefficient (Wildman–Crippen LogP) is 4.08. The van der Waals surface area contributed by atoms with Crippen molar-refractivity contribution in [2.75, 3.05) is 18.9 Å². The summed E-state index contributed by atoms with van der Waals surface area (Å²) in [5.74, 6) is -0.147. The number of nitrogens with two attached hydrogens (primary N) is 1. The number of ether oxygens (including phenoxy) is 1. The van der Waals surface area contributed by atoms with E-state index in [9.17, 15) is 13.2 Å². The minimum atomic E-state index is -4.55. The van der Waals surface area contributed by atoms with Crippen LogP contribution >= 0.6 is 0 Å². The third-order valence-electron chi connectivity index (χ3n) is 3.72. The molecule has 1 aromatic rings. The normalized spacial score (nSPS) is 13.3. The predicted molar refractivity (Wildman–Crippen MR) is 82.3 cm³/mol. The number of anilines is 1. The number of hydrogen-bond donors (Lipinski definition) is 1. The maximum Gasteiger partial charge on any atom is 0.433 e. The molecule has 0 atom stereocenters. The van der Waals surface area contributed by atoms with E-state index >= 15 is 0 Å². The summed E-state index contributed by atoms with van der Waals surface area (Å²) in [6, 6.07) is 2.04. The molecule has 0 unspecified atom stereocenters. The summed E-state index contributed by atoms with van der Waals surface area (Å²) < 4.78 is 49.0. The third kappa shape index (κ3) is 5.17. The van der Waals surface area contributed by atoms with Crippen LogP contribution in [-0.4, -0.2) is 26.5 Å². The molecule has 0 aliphatic carbocycles. The van der Waals surface area contributed by atoms with E-state index in [2.05, 4.69) is 38.8 Å². The molecular formula is C14H23F3N2O2Si. The average Bonchev–Trinajstić information content (AvgIpc) is 2.31. The Bertz CT molecular complexity index is 514. The van der Waals surface area contributed by atoms with Crippen molar-refractivity contribution in [2.24, 2.45) is 0 Å². The summed E-state index contributed by atoms with van der Waals surface area (Å²) in [7, 11) is -1.90. The summed E-state index contributed by atoms with van der Waals surface area (Å²) >= 11 is 0. The molecule has 1 heterocycles. The van der Waals surface area contributed by atoms with Crippen LogP contribution in [0, 0.1) is 0 Å². The van der Waals surface area contributed by atoms with Crippen molar-refractivity contribution in [3.05, 3.63) is 17.8 Å². The van der Waals surface area contributed by atoms with Gasteiger partial charge in [-0.05, 0) is 24.2 Å². The summed E-state index contributed by atoms with van der Waals surface area (Å²) in [6.45, 7) is 10.9. The van der Waals surface area contributed by atoms with Gasteiger partial charge < -0.3 is 14.9 Å². The van der Waals surface area contributed by atoms with Crippen molar-refractivity contribution in [3.63, 3.8) is 0 Å². The average molecular weight is 336 g/mol. The van der Waals surface area contributed by atoms with E-state index in [0.717, 1.165) is 6.07 Å². The number of pyridine rings is 1. The Morgan fingerprint density at radius 3 is 2.23 bits per heavy atom. The van der Waals surface area contributed by atoms with Crippen LogP contribution in [0.25, 0.3) is 0 Å². The molecular weight excluding hydrogens is 313 g/mol. The molecule has 0 aromatic carbocycles. The Labute approximate surface area is 130 Å². The Kier molecular flexibility index (Phi) is 5.50. The van der Waals surface area contributed by atoms with Crippen molar-refractivity contribution in [2.45, 2.75) is 45.1 Å². The Balaban J connectivity index is 2.61. The number of hydrogen-bond acceptors (Lipinski definition) is 4. The monoisotopic (exact) mass is 336 g/mol. The first-order valence-electron chi connectivity index (χ1n) is 6.94. The zero-order valence-corrected chi connectivity index (χ0v) is 14.5. The summed E-state index contributed by atoms with van der Waals surface area (Å²) in [4.78, 5) is 3.42. The molecule has 4 nitrogen and oxygen atoms in total. The smallest absolute Gasteiger partial charge is 0.433 e. The van der Waals surface area contributed by atoms with E-state index in [1.165, 1.54) is 6.07 Å². The second kappa shape index (κ2) is 6.45. The first-order valence-corrected chi connectivity index (χ1v) is 9.85. The molecule has 0 radical (unpaired) electrons. The maximum absolute atomic E-state index is 12.6. The van der Waals surface area contributed by atoms with Crippen molar-refractivity contribution >= 4 is 14.0 Å². The molecule has 0 fully saturated rings. The first-order chi connectivity index (χ1) is 9.83. The van der Waals surface area contributed by atoms with Crippen LogP contribution < -0.4 is 10.5 Å². The molecule has 8 heteroatoms. The second-order valence-electron chi connectivity index (χ2n) is 6.58. The molecule has 0 saturated carbocycles. The van der Waals surface area contributed by atoms with Gasteiger partial charge in [-0.2, -0.15) is 13.2 Å². The molecule has 1 rings (SSSR count). The van der Waals surface area contributed by atoms with Gasteiger partial charge in [0.2, 0.25) is 5.88 Å². The van der Waals surface area contributed by atoms with Crippen molar-refractivity contribution < 1.29 is 22.3 Å². The van der Waals surface area contributed by atoms with Gasteiger partial charge in [0.15, 0.2) is 14.0 Å². The fraction of sp³-hybridized carbons (Fsp3) is 0.643. The molecule has 1 aromatic heterocycles. The highest BCUT2D eigenvalue weighted by Crippen LogP contribution is 2.36. The molecule has 0 bridgehead atoms. The molecule has 126 valence electrons. The van der Waals surface area contributed by atoms with Crippen LogP contribution in [0.1, 0.15) is 26.5 Å². The number of rotatable bonds is 5. The highest BCUT2D eigenvalue weighted by molar-refractivity contribution is 6.74. The zero-order valence-electron chi connectivity index (χ0n) is 13.5. The van der Waals surface area contributed by atoms with Gasteiger partial charge in [-0.3, -0.25) is 0 Å². The van der Waals surface area contributed by atoms with Gasteiger partial charge in [-0.15, -0.1) is 0 Å². The van der Waals surface area contributed by atoms with Crippen LogP contribution in [0.2, 0.25) is 18.1 Å². The molecule has 0 saturated heterocycles.